The average molecular weight is 376 g/mol. The van der Waals surface area contributed by atoms with E-state index in [4.69, 9.17) is 4.74 Å². The number of halogens is 1. The van der Waals surface area contributed by atoms with E-state index in [1.54, 1.807) is 5.57 Å². The highest BCUT2D eigenvalue weighted by atomic mass is 127. The number of hydrogen-bond donors (Lipinski definition) is 1. The third-order valence-electron chi connectivity index (χ3n) is 4.25. The topological polar surface area (TPSA) is 33.6 Å². The average Bonchev–Trinajstić information content (AvgIpc) is 2.34. The number of hydrogen-bond acceptors (Lipinski definition) is 3. The molecule has 4 heteroatoms. The van der Waals surface area contributed by atoms with Gasteiger partial charge in [0, 0.05) is 17.3 Å². The fraction of sp³-hybridized carbons (Fsp3) is 0.800. The zero-order valence-electron chi connectivity index (χ0n) is 12.2. The maximum atomic E-state index is 5.82. The molecule has 3 nitrogen and oxygen atoms in total. The first-order valence-electron chi connectivity index (χ1n) is 7.34. The van der Waals surface area contributed by atoms with Crippen LogP contribution in [0.5, 0.6) is 0 Å². The summed E-state index contributed by atoms with van der Waals surface area (Å²) in [6.07, 6.45) is 6.42. The number of nitrogens with one attached hydrogen (secondary N) is 1. The molecule has 2 atom stereocenters. The van der Waals surface area contributed by atoms with Crippen LogP contribution < -0.4 is 5.43 Å². The Morgan fingerprint density at radius 1 is 1.37 bits per heavy atom. The standard InChI is InChI=1S/C15H25IN2O/c1-10(2)15-14-6-4-5-12(19-9-16)7-8-13(14)11(3)17-18-15/h10,12-13,18H,4-9H2,1-3H3/t12-,13?/m1/s1. The van der Waals surface area contributed by atoms with E-state index >= 15 is 0 Å². The Morgan fingerprint density at radius 2 is 2.16 bits per heavy atom. The second-order valence-electron chi connectivity index (χ2n) is 5.88. The van der Waals surface area contributed by atoms with Crippen molar-refractivity contribution >= 4 is 28.3 Å². The van der Waals surface area contributed by atoms with Crippen LogP contribution in [0, 0.1) is 11.8 Å². The number of fused-ring (bicyclic) bond motifs is 1. The minimum atomic E-state index is 0.448. The fourth-order valence-electron chi connectivity index (χ4n) is 3.20. The molecule has 1 aliphatic heterocycles. The number of rotatable bonds is 3. The summed E-state index contributed by atoms with van der Waals surface area (Å²) in [6, 6.07) is 0. The molecule has 108 valence electrons. The van der Waals surface area contributed by atoms with Gasteiger partial charge in [-0.2, -0.15) is 5.10 Å². The molecule has 1 N–H and O–H groups in total. The summed E-state index contributed by atoms with van der Waals surface area (Å²) in [5.74, 6) is 1.08. The lowest BCUT2D eigenvalue weighted by molar-refractivity contribution is 0.0745. The molecule has 1 unspecified atom stereocenters. The summed E-state index contributed by atoms with van der Waals surface area (Å²) in [5.41, 5.74) is 7.50. The first kappa shape index (κ1) is 15.3. The van der Waals surface area contributed by atoms with Gasteiger partial charge in [-0.15, -0.1) is 0 Å². The van der Waals surface area contributed by atoms with Crippen molar-refractivity contribution in [1.29, 1.82) is 0 Å². The third-order valence-corrected chi connectivity index (χ3v) is 4.61. The van der Waals surface area contributed by atoms with Crippen molar-refractivity contribution < 1.29 is 4.74 Å². The van der Waals surface area contributed by atoms with E-state index in [1.807, 2.05) is 0 Å². The summed E-state index contributed by atoms with van der Waals surface area (Å²) in [4.78, 5) is 0. The first-order valence-corrected chi connectivity index (χ1v) is 8.86. The van der Waals surface area contributed by atoms with Gasteiger partial charge in [0.2, 0.25) is 0 Å². The molecule has 1 saturated carbocycles. The van der Waals surface area contributed by atoms with Gasteiger partial charge in [-0.3, -0.25) is 5.43 Å². The van der Waals surface area contributed by atoms with Crippen LogP contribution in [-0.2, 0) is 4.74 Å². The van der Waals surface area contributed by atoms with E-state index in [1.165, 1.54) is 37.1 Å². The normalized spacial score (nSPS) is 28.4. The van der Waals surface area contributed by atoms with Crippen LogP contribution in [0.15, 0.2) is 16.4 Å². The molecule has 1 aliphatic carbocycles. The molecule has 1 fully saturated rings. The molecular weight excluding hydrogens is 351 g/mol. The minimum Gasteiger partial charge on any atom is -0.368 e. The van der Waals surface area contributed by atoms with Gasteiger partial charge in [0.1, 0.15) is 0 Å². The van der Waals surface area contributed by atoms with E-state index in [0.29, 0.717) is 17.9 Å². The van der Waals surface area contributed by atoms with Gasteiger partial charge in [0.25, 0.3) is 0 Å². The first-order chi connectivity index (χ1) is 9.13. The van der Waals surface area contributed by atoms with Gasteiger partial charge in [-0.25, -0.2) is 0 Å². The van der Waals surface area contributed by atoms with Crippen LogP contribution in [0.4, 0.5) is 0 Å². The van der Waals surface area contributed by atoms with Crippen molar-refractivity contribution in [2.24, 2.45) is 16.9 Å². The summed E-state index contributed by atoms with van der Waals surface area (Å²) < 4.78 is 6.63. The van der Waals surface area contributed by atoms with Crippen LogP contribution in [0.2, 0.25) is 0 Å². The summed E-state index contributed by atoms with van der Waals surface area (Å²) in [6.45, 7) is 6.66. The molecule has 0 aromatic carbocycles. The number of hydrazone groups is 1. The van der Waals surface area contributed by atoms with Gasteiger partial charge in [0.05, 0.1) is 10.7 Å². The SMILES string of the molecule is CC1=NNC(C(C)C)=C2CCC[C@@H](OCI)CCC12. The fourth-order valence-corrected chi connectivity index (χ4v) is 3.71. The Balaban J connectivity index is 2.15. The minimum absolute atomic E-state index is 0.448. The smallest absolute Gasteiger partial charge is 0.0983 e. The van der Waals surface area contributed by atoms with Crippen molar-refractivity contribution in [2.45, 2.75) is 59.0 Å². The highest BCUT2D eigenvalue weighted by Crippen LogP contribution is 2.35. The Kier molecular flexibility index (Phi) is 5.69. The van der Waals surface area contributed by atoms with Crippen LogP contribution in [0.1, 0.15) is 52.9 Å². The van der Waals surface area contributed by atoms with E-state index in [9.17, 15) is 0 Å². The van der Waals surface area contributed by atoms with Crippen molar-refractivity contribution in [3.05, 3.63) is 11.3 Å². The van der Waals surface area contributed by atoms with Gasteiger partial charge in [-0.05, 0) is 50.5 Å². The van der Waals surface area contributed by atoms with Crippen LogP contribution in [-0.4, -0.2) is 16.4 Å². The molecule has 0 aromatic heterocycles. The lowest BCUT2D eigenvalue weighted by Gasteiger charge is -2.33. The summed E-state index contributed by atoms with van der Waals surface area (Å²) >= 11 is 2.30. The third kappa shape index (κ3) is 3.72. The molecule has 1 heterocycles. The van der Waals surface area contributed by atoms with Crippen LogP contribution in [0.3, 0.4) is 0 Å². The van der Waals surface area contributed by atoms with Gasteiger partial charge in [0.15, 0.2) is 0 Å². The van der Waals surface area contributed by atoms with Crippen molar-refractivity contribution in [2.75, 3.05) is 4.61 Å². The van der Waals surface area contributed by atoms with Crippen molar-refractivity contribution in [3.8, 4) is 0 Å². The highest BCUT2D eigenvalue weighted by molar-refractivity contribution is 14.1. The summed E-state index contributed by atoms with van der Waals surface area (Å²) in [7, 11) is 0. The second kappa shape index (κ2) is 7.07. The zero-order valence-corrected chi connectivity index (χ0v) is 14.4. The molecule has 0 spiro atoms. The number of ether oxygens (including phenoxy) is 1. The van der Waals surface area contributed by atoms with Gasteiger partial charge >= 0.3 is 0 Å². The van der Waals surface area contributed by atoms with Crippen LogP contribution in [0.25, 0.3) is 0 Å². The van der Waals surface area contributed by atoms with E-state index in [2.05, 4.69) is 53.9 Å². The monoisotopic (exact) mass is 376 g/mol. The van der Waals surface area contributed by atoms with E-state index in [-0.39, 0.29) is 0 Å². The largest absolute Gasteiger partial charge is 0.368 e. The number of nitrogens with zero attached hydrogens (tertiary/aromatic N) is 1. The van der Waals surface area contributed by atoms with Crippen molar-refractivity contribution in [3.63, 3.8) is 0 Å². The Morgan fingerprint density at radius 3 is 2.84 bits per heavy atom. The molecule has 0 radical (unpaired) electrons. The van der Waals surface area contributed by atoms with Gasteiger partial charge < -0.3 is 4.74 Å². The molecule has 0 bridgehead atoms. The maximum absolute atomic E-state index is 5.82. The quantitative estimate of drug-likeness (QED) is 0.591. The molecule has 0 saturated heterocycles. The second-order valence-corrected chi connectivity index (χ2v) is 6.50. The highest BCUT2D eigenvalue weighted by Gasteiger charge is 2.28. The van der Waals surface area contributed by atoms with Gasteiger partial charge in [-0.1, -0.05) is 36.4 Å². The number of allylic oxidation sites excluding steroid dienone is 2. The predicted molar refractivity (Wildman–Crippen MR) is 88.4 cm³/mol. The van der Waals surface area contributed by atoms with E-state index < -0.39 is 0 Å². The lowest BCUT2D eigenvalue weighted by Crippen LogP contribution is -2.31. The molecular formula is C15H25IN2O. The summed E-state index contributed by atoms with van der Waals surface area (Å²) in [5, 5.41) is 4.53. The van der Waals surface area contributed by atoms with Crippen molar-refractivity contribution in [1.82, 2.24) is 5.43 Å². The zero-order chi connectivity index (χ0) is 13.8. The van der Waals surface area contributed by atoms with Crippen LogP contribution >= 0.6 is 22.6 Å². The van der Waals surface area contributed by atoms with E-state index in [0.717, 1.165) is 11.0 Å². The predicted octanol–water partition coefficient (Wildman–Crippen LogP) is 4.23. The molecule has 19 heavy (non-hydrogen) atoms. The lowest BCUT2D eigenvalue weighted by atomic mass is 9.80. The Hall–Kier alpha value is -0.100. The Bertz CT molecular complexity index is 376. The Labute approximate surface area is 130 Å². The molecule has 0 amide bonds. The maximum Gasteiger partial charge on any atom is 0.0983 e. The molecule has 2 rings (SSSR count). The molecule has 2 aliphatic rings. The number of alkyl halides is 1. The molecule has 0 aromatic rings.